The molecule has 2 rings (SSSR count). The van der Waals surface area contributed by atoms with Crippen molar-refractivity contribution in [1.29, 1.82) is 0 Å². The monoisotopic (exact) mass is 246 g/mol. The van der Waals surface area contributed by atoms with E-state index >= 15 is 0 Å². The summed E-state index contributed by atoms with van der Waals surface area (Å²) in [6.45, 7) is 1.14. The van der Waals surface area contributed by atoms with Gasteiger partial charge in [-0.3, -0.25) is 9.63 Å². The van der Waals surface area contributed by atoms with E-state index in [1.54, 1.807) is 0 Å². The lowest BCUT2D eigenvalue weighted by molar-refractivity contribution is -0.0768. The Morgan fingerprint density at radius 3 is 3.00 bits per heavy atom. The number of hydrogen-bond donors (Lipinski definition) is 0. The first-order valence-corrected chi connectivity index (χ1v) is 5.20. The van der Waals surface area contributed by atoms with E-state index in [0.717, 1.165) is 6.42 Å². The maximum Gasteiger partial charge on any atom is 0.279 e. The zero-order valence-corrected chi connectivity index (χ0v) is 9.25. The van der Waals surface area contributed by atoms with E-state index in [4.69, 9.17) is 28.0 Å². The van der Waals surface area contributed by atoms with Crippen LogP contribution in [0.4, 0.5) is 0 Å². The second kappa shape index (κ2) is 4.35. The number of carbonyl (C=O) groups is 1. The molecule has 0 bridgehead atoms. The lowest BCUT2D eigenvalue weighted by Gasteiger charge is -2.14. The van der Waals surface area contributed by atoms with Gasteiger partial charge in [-0.25, -0.2) is 10.0 Å². The van der Waals surface area contributed by atoms with Crippen molar-refractivity contribution in [2.75, 3.05) is 13.2 Å². The van der Waals surface area contributed by atoms with Gasteiger partial charge in [0.1, 0.15) is 5.15 Å². The van der Waals surface area contributed by atoms with Gasteiger partial charge < -0.3 is 0 Å². The van der Waals surface area contributed by atoms with Crippen LogP contribution in [0, 0.1) is 0 Å². The van der Waals surface area contributed by atoms with E-state index in [2.05, 4.69) is 4.98 Å². The first-order valence-electron chi connectivity index (χ1n) is 4.44. The second-order valence-corrected chi connectivity index (χ2v) is 3.88. The highest BCUT2D eigenvalue weighted by Crippen LogP contribution is 2.21. The molecule has 0 saturated carbocycles. The summed E-state index contributed by atoms with van der Waals surface area (Å²) in [5.74, 6) is -0.276. The molecule has 1 aromatic rings. The van der Waals surface area contributed by atoms with Gasteiger partial charge >= 0.3 is 0 Å². The lowest BCUT2D eigenvalue weighted by atomic mass is 10.2. The number of amides is 1. The number of nitrogens with zero attached hydrogens (tertiary/aromatic N) is 2. The summed E-state index contributed by atoms with van der Waals surface area (Å²) in [7, 11) is 0. The van der Waals surface area contributed by atoms with Gasteiger partial charge in [0.25, 0.3) is 5.91 Å². The van der Waals surface area contributed by atoms with Gasteiger partial charge in [0.05, 0.1) is 23.7 Å². The molecule has 15 heavy (non-hydrogen) atoms. The molecule has 0 atom stereocenters. The number of rotatable bonds is 1. The first kappa shape index (κ1) is 10.7. The number of aromatic nitrogens is 1. The van der Waals surface area contributed by atoms with Crippen LogP contribution in [-0.4, -0.2) is 29.1 Å². The molecule has 0 aliphatic carbocycles. The molecule has 80 valence electrons. The van der Waals surface area contributed by atoms with E-state index in [0.29, 0.717) is 18.7 Å². The molecule has 1 saturated heterocycles. The molecule has 4 nitrogen and oxygen atoms in total. The van der Waals surface area contributed by atoms with E-state index in [1.807, 2.05) is 0 Å². The van der Waals surface area contributed by atoms with Crippen molar-refractivity contribution in [3.05, 3.63) is 28.0 Å². The number of halogens is 2. The summed E-state index contributed by atoms with van der Waals surface area (Å²) < 4.78 is 0. The minimum absolute atomic E-state index is 0.238. The molecule has 1 fully saturated rings. The third-order valence-electron chi connectivity index (χ3n) is 2.03. The average molecular weight is 247 g/mol. The largest absolute Gasteiger partial charge is 0.279 e. The van der Waals surface area contributed by atoms with Crippen LogP contribution in [0.1, 0.15) is 16.8 Å². The molecule has 0 N–H and O–H groups in total. The molecule has 1 aliphatic heterocycles. The molecule has 1 amide bonds. The molecular formula is C9H8Cl2N2O2. The Balaban J connectivity index is 2.27. The quantitative estimate of drug-likeness (QED) is 0.714. The highest BCUT2D eigenvalue weighted by atomic mass is 35.5. The highest BCUT2D eigenvalue weighted by Gasteiger charge is 2.23. The summed E-state index contributed by atoms with van der Waals surface area (Å²) in [5, 5.41) is 1.80. The summed E-state index contributed by atoms with van der Waals surface area (Å²) in [5.41, 5.74) is 0.318. The van der Waals surface area contributed by atoms with E-state index in [1.165, 1.54) is 17.3 Å². The van der Waals surface area contributed by atoms with Crippen molar-refractivity contribution in [3.8, 4) is 0 Å². The lowest BCUT2D eigenvalue weighted by Crippen LogP contribution is -2.26. The molecule has 0 spiro atoms. The minimum Gasteiger partial charge on any atom is -0.271 e. The van der Waals surface area contributed by atoms with Gasteiger partial charge in [-0.1, -0.05) is 23.2 Å². The van der Waals surface area contributed by atoms with Crippen molar-refractivity contribution in [2.24, 2.45) is 0 Å². The normalized spacial score (nSPS) is 15.7. The van der Waals surface area contributed by atoms with Crippen LogP contribution in [0.2, 0.25) is 10.2 Å². The number of hydroxylamine groups is 2. The van der Waals surface area contributed by atoms with Gasteiger partial charge in [-0.05, 0) is 12.5 Å². The molecular weight excluding hydrogens is 239 g/mol. The molecule has 0 radical (unpaired) electrons. The Morgan fingerprint density at radius 2 is 2.33 bits per heavy atom. The van der Waals surface area contributed by atoms with Crippen LogP contribution >= 0.6 is 23.2 Å². The number of hydrogen-bond acceptors (Lipinski definition) is 3. The summed E-state index contributed by atoms with van der Waals surface area (Å²) in [4.78, 5) is 20.7. The Kier molecular flexibility index (Phi) is 3.09. The van der Waals surface area contributed by atoms with E-state index in [-0.39, 0.29) is 16.1 Å². The Morgan fingerprint density at radius 1 is 1.53 bits per heavy atom. The van der Waals surface area contributed by atoms with Gasteiger partial charge in [0.15, 0.2) is 0 Å². The Bertz CT molecular complexity index is 392. The summed E-state index contributed by atoms with van der Waals surface area (Å²) >= 11 is 11.5. The molecule has 2 heterocycles. The van der Waals surface area contributed by atoms with Crippen molar-refractivity contribution in [3.63, 3.8) is 0 Å². The van der Waals surface area contributed by atoms with Crippen molar-refractivity contribution in [2.45, 2.75) is 6.42 Å². The fourth-order valence-electron chi connectivity index (χ4n) is 1.32. The molecule has 0 unspecified atom stereocenters. The Labute approximate surface area is 96.7 Å². The number of pyridine rings is 1. The van der Waals surface area contributed by atoms with Crippen LogP contribution in [0.5, 0.6) is 0 Å². The van der Waals surface area contributed by atoms with Gasteiger partial charge in [-0.2, -0.15) is 0 Å². The SMILES string of the molecule is O=C(c1cc(Cl)ncc1Cl)N1CCCO1. The van der Waals surface area contributed by atoms with Crippen LogP contribution < -0.4 is 0 Å². The predicted octanol–water partition coefficient (Wildman–Crippen LogP) is 2.17. The standard InChI is InChI=1S/C9H8Cl2N2O2/c10-7-5-12-8(11)4-6(7)9(14)13-2-1-3-15-13/h4-5H,1-3H2. The zero-order chi connectivity index (χ0) is 10.8. The highest BCUT2D eigenvalue weighted by molar-refractivity contribution is 6.35. The summed E-state index contributed by atoms with van der Waals surface area (Å²) in [6, 6.07) is 1.44. The third kappa shape index (κ3) is 2.22. The van der Waals surface area contributed by atoms with Crippen LogP contribution in [0.25, 0.3) is 0 Å². The van der Waals surface area contributed by atoms with E-state index < -0.39 is 0 Å². The fourth-order valence-corrected chi connectivity index (χ4v) is 1.66. The molecule has 1 aliphatic rings. The van der Waals surface area contributed by atoms with Crippen molar-refractivity contribution in [1.82, 2.24) is 10.0 Å². The maximum atomic E-state index is 11.9. The smallest absolute Gasteiger partial charge is 0.271 e. The average Bonchev–Trinajstić information content (AvgIpc) is 2.74. The molecule has 0 aromatic carbocycles. The first-order chi connectivity index (χ1) is 7.18. The molecule has 1 aromatic heterocycles. The topological polar surface area (TPSA) is 42.4 Å². The minimum atomic E-state index is -0.276. The van der Waals surface area contributed by atoms with Crippen LogP contribution in [0.15, 0.2) is 12.3 Å². The predicted molar refractivity (Wildman–Crippen MR) is 55.9 cm³/mol. The van der Waals surface area contributed by atoms with Crippen molar-refractivity contribution < 1.29 is 9.63 Å². The van der Waals surface area contributed by atoms with Gasteiger partial charge in [-0.15, -0.1) is 0 Å². The van der Waals surface area contributed by atoms with Crippen molar-refractivity contribution >= 4 is 29.1 Å². The van der Waals surface area contributed by atoms with Crippen LogP contribution in [0.3, 0.4) is 0 Å². The number of carbonyl (C=O) groups excluding carboxylic acids is 1. The van der Waals surface area contributed by atoms with Gasteiger partial charge in [0, 0.05) is 6.20 Å². The fraction of sp³-hybridized carbons (Fsp3) is 0.333. The Hall–Kier alpha value is -0.840. The summed E-state index contributed by atoms with van der Waals surface area (Å²) in [6.07, 6.45) is 2.19. The third-order valence-corrected chi connectivity index (χ3v) is 2.54. The zero-order valence-electron chi connectivity index (χ0n) is 7.74. The second-order valence-electron chi connectivity index (χ2n) is 3.08. The van der Waals surface area contributed by atoms with Crippen LogP contribution in [-0.2, 0) is 4.84 Å². The maximum absolute atomic E-state index is 11.9. The van der Waals surface area contributed by atoms with Gasteiger partial charge in [0.2, 0.25) is 0 Å². The molecule has 6 heteroatoms. The van der Waals surface area contributed by atoms with E-state index in [9.17, 15) is 4.79 Å².